The summed E-state index contributed by atoms with van der Waals surface area (Å²) in [6.45, 7) is 11.0. The number of carbonyl (C=O) groups excluding carboxylic acids is 1. The molecule has 1 aromatic rings. The van der Waals surface area contributed by atoms with E-state index in [1.165, 1.54) is 6.42 Å². The minimum Gasteiger partial charge on any atom is -0.339 e. The average molecular weight is 333 g/mol. The molecule has 7 heteroatoms. The van der Waals surface area contributed by atoms with Gasteiger partial charge in [-0.2, -0.15) is 4.98 Å². The molecule has 0 atom stereocenters. The van der Waals surface area contributed by atoms with Crippen molar-refractivity contribution in [3.63, 3.8) is 0 Å². The number of nitrogens with zero attached hydrogens (tertiary/aromatic N) is 5. The van der Waals surface area contributed by atoms with Crippen molar-refractivity contribution in [1.82, 2.24) is 24.8 Å². The van der Waals surface area contributed by atoms with E-state index in [9.17, 15) is 4.79 Å². The highest BCUT2D eigenvalue weighted by atomic mass is 16.5. The molecule has 2 aliphatic heterocycles. The first kappa shape index (κ1) is 17.1. The third-order valence-electron chi connectivity index (χ3n) is 4.73. The molecule has 3 heterocycles. The van der Waals surface area contributed by atoms with E-state index in [1.54, 1.807) is 6.92 Å². The quantitative estimate of drug-likeness (QED) is 0.802. The first-order valence-electron chi connectivity index (χ1n) is 8.88. The Morgan fingerprint density at radius 3 is 2.58 bits per heavy atom. The number of rotatable bonds is 5. The van der Waals surface area contributed by atoms with Crippen LogP contribution in [0.1, 0.15) is 31.5 Å². The first-order valence-corrected chi connectivity index (χ1v) is 8.88. The van der Waals surface area contributed by atoms with Crippen LogP contribution in [0.5, 0.6) is 0 Å². The van der Waals surface area contributed by atoms with E-state index >= 15 is 0 Å². The van der Waals surface area contributed by atoms with Gasteiger partial charge in [0.25, 0.3) is 0 Å². The Hall–Kier alpha value is -1.73. The number of amides is 1. The molecule has 7 nitrogen and oxygen atoms in total. The summed E-state index contributed by atoms with van der Waals surface area (Å²) in [5.74, 6) is 1.52. The average Bonchev–Trinajstić information content (AvgIpc) is 3.03. The van der Waals surface area contributed by atoms with Crippen LogP contribution < -0.4 is 0 Å². The minimum absolute atomic E-state index is 0.249. The summed E-state index contributed by atoms with van der Waals surface area (Å²) in [7, 11) is 0. The molecule has 1 saturated heterocycles. The van der Waals surface area contributed by atoms with Gasteiger partial charge in [-0.15, -0.1) is 0 Å². The molecule has 24 heavy (non-hydrogen) atoms. The van der Waals surface area contributed by atoms with Crippen molar-refractivity contribution in [2.75, 3.05) is 52.4 Å². The smallest absolute Gasteiger partial charge is 0.236 e. The summed E-state index contributed by atoms with van der Waals surface area (Å²) in [4.78, 5) is 23.4. The monoisotopic (exact) mass is 333 g/mol. The summed E-state index contributed by atoms with van der Waals surface area (Å²) >= 11 is 0. The molecule has 0 unspecified atom stereocenters. The maximum atomic E-state index is 12.5. The maximum Gasteiger partial charge on any atom is 0.236 e. The molecule has 0 saturated carbocycles. The van der Waals surface area contributed by atoms with Crippen molar-refractivity contribution in [3.05, 3.63) is 17.8 Å². The van der Waals surface area contributed by atoms with Gasteiger partial charge in [0.05, 0.1) is 6.54 Å². The zero-order valence-corrected chi connectivity index (χ0v) is 14.7. The van der Waals surface area contributed by atoms with Crippen molar-refractivity contribution >= 4 is 11.5 Å². The van der Waals surface area contributed by atoms with Crippen LogP contribution in [0.25, 0.3) is 5.57 Å². The van der Waals surface area contributed by atoms with Crippen LogP contribution in [-0.4, -0.2) is 83.1 Å². The van der Waals surface area contributed by atoms with Gasteiger partial charge in [-0.1, -0.05) is 18.2 Å². The normalized spacial score (nSPS) is 20.2. The lowest BCUT2D eigenvalue weighted by Crippen LogP contribution is -2.51. The van der Waals surface area contributed by atoms with Crippen LogP contribution in [0.3, 0.4) is 0 Å². The van der Waals surface area contributed by atoms with E-state index in [1.807, 2.05) is 4.90 Å². The van der Waals surface area contributed by atoms with Gasteiger partial charge in [0.1, 0.15) is 0 Å². The van der Waals surface area contributed by atoms with Crippen LogP contribution >= 0.6 is 0 Å². The predicted molar refractivity (Wildman–Crippen MR) is 91.4 cm³/mol. The molecule has 1 amide bonds. The van der Waals surface area contributed by atoms with Crippen molar-refractivity contribution in [1.29, 1.82) is 0 Å². The number of hydrogen-bond acceptors (Lipinski definition) is 6. The minimum atomic E-state index is 0.249. The molecule has 1 fully saturated rings. The Morgan fingerprint density at radius 1 is 1.21 bits per heavy atom. The molecular formula is C17H27N5O2. The molecule has 0 aromatic carbocycles. The van der Waals surface area contributed by atoms with Crippen LogP contribution in [0.2, 0.25) is 0 Å². The highest BCUT2D eigenvalue weighted by Crippen LogP contribution is 2.19. The van der Waals surface area contributed by atoms with E-state index in [2.05, 4.69) is 32.9 Å². The summed E-state index contributed by atoms with van der Waals surface area (Å²) in [6, 6.07) is 0. The lowest BCUT2D eigenvalue weighted by Gasteiger charge is -2.36. The van der Waals surface area contributed by atoms with Gasteiger partial charge in [0, 0.05) is 46.2 Å². The Balaban J connectivity index is 1.46. The Morgan fingerprint density at radius 2 is 2.00 bits per heavy atom. The van der Waals surface area contributed by atoms with E-state index in [0.717, 1.165) is 57.8 Å². The van der Waals surface area contributed by atoms with E-state index in [4.69, 9.17) is 4.52 Å². The molecule has 3 rings (SSSR count). The van der Waals surface area contributed by atoms with Crippen LogP contribution in [0, 0.1) is 6.92 Å². The Kier molecular flexibility index (Phi) is 5.63. The predicted octanol–water partition coefficient (Wildman–Crippen LogP) is 1.02. The van der Waals surface area contributed by atoms with Gasteiger partial charge in [0.2, 0.25) is 11.8 Å². The largest absolute Gasteiger partial charge is 0.339 e. The standard InChI is InChI=1S/C17H27N5O2/c1-3-6-20-9-11-22(12-10-20)16(23)13-21-7-4-15(5-8-21)17-18-14(2)24-19-17/h4H,3,5-13H2,1-2H3. The van der Waals surface area contributed by atoms with E-state index < -0.39 is 0 Å². The number of aromatic nitrogens is 2. The van der Waals surface area contributed by atoms with Gasteiger partial charge in [-0.3, -0.25) is 14.6 Å². The van der Waals surface area contributed by atoms with Crippen LogP contribution in [-0.2, 0) is 4.79 Å². The zero-order chi connectivity index (χ0) is 16.9. The Labute approximate surface area is 143 Å². The maximum absolute atomic E-state index is 12.5. The van der Waals surface area contributed by atoms with E-state index in [0.29, 0.717) is 18.3 Å². The van der Waals surface area contributed by atoms with Crippen LogP contribution in [0.15, 0.2) is 10.6 Å². The third kappa shape index (κ3) is 4.21. The summed E-state index contributed by atoms with van der Waals surface area (Å²) in [6.07, 6.45) is 4.15. The van der Waals surface area contributed by atoms with Gasteiger partial charge >= 0.3 is 0 Å². The molecule has 132 valence electrons. The SMILES string of the molecule is CCCN1CCN(C(=O)CN2CC=C(c3noc(C)n3)CC2)CC1. The van der Waals surface area contributed by atoms with Gasteiger partial charge in [-0.05, 0) is 25.0 Å². The van der Waals surface area contributed by atoms with Crippen molar-refractivity contribution in [3.8, 4) is 0 Å². The molecule has 1 aromatic heterocycles. The van der Waals surface area contributed by atoms with Gasteiger partial charge < -0.3 is 9.42 Å². The lowest BCUT2D eigenvalue weighted by atomic mass is 10.1. The fourth-order valence-corrected chi connectivity index (χ4v) is 3.32. The highest BCUT2D eigenvalue weighted by Gasteiger charge is 2.23. The topological polar surface area (TPSA) is 65.7 Å². The van der Waals surface area contributed by atoms with Crippen molar-refractivity contribution < 1.29 is 9.32 Å². The van der Waals surface area contributed by atoms with Crippen molar-refractivity contribution in [2.24, 2.45) is 0 Å². The number of hydrogen-bond donors (Lipinski definition) is 0. The lowest BCUT2D eigenvalue weighted by molar-refractivity contribution is -0.134. The fourth-order valence-electron chi connectivity index (χ4n) is 3.32. The summed E-state index contributed by atoms with van der Waals surface area (Å²) in [5, 5.41) is 3.97. The molecule has 0 radical (unpaired) electrons. The summed E-state index contributed by atoms with van der Waals surface area (Å²) in [5.41, 5.74) is 1.11. The molecule has 0 aliphatic carbocycles. The molecular weight excluding hydrogens is 306 g/mol. The van der Waals surface area contributed by atoms with Crippen LogP contribution in [0.4, 0.5) is 0 Å². The number of aryl methyl sites for hydroxylation is 1. The Bertz CT molecular complexity index is 590. The number of piperazine rings is 1. The highest BCUT2D eigenvalue weighted by molar-refractivity contribution is 5.78. The molecule has 0 N–H and O–H groups in total. The molecule has 0 spiro atoms. The molecule has 2 aliphatic rings. The second-order valence-corrected chi connectivity index (χ2v) is 6.57. The van der Waals surface area contributed by atoms with Crippen molar-refractivity contribution in [2.45, 2.75) is 26.7 Å². The van der Waals surface area contributed by atoms with E-state index in [-0.39, 0.29) is 5.91 Å². The second-order valence-electron chi connectivity index (χ2n) is 6.57. The second kappa shape index (κ2) is 7.90. The fraction of sp³-hybridized carbons (Fsp3) is 0.706. The third-order valence-corrected chi connectivity index (χ3v) is 4.73. The zero-order valence-electron chi connectivity index (χ0n) is 14.7. The molecule has 0 bridgehead atoms. The summed E-state index contributed by atoms with van der Waals surface area (Å²) < 4.78 is 5.03. The van der Waals surface area contributed by atoms with Gasteiger partial charge in [-0.25, -0.2) is 0 Å². The first-order chi connectivity index (χ1) is 11.7. The van der Waals surface area contributed by atoms with Gasteiger partial charge in [0.15, 0.2) is 5.82 Å². The number of carbonyl (C=O) groups is 1.